The maximum Gasteiger partial charge on any atom is 0.318 e. The molecule has 1 aromatic carbocycles. The first-order valence-electron chi connectivity index (χ1n) is 10.5. The van der Waals surface area contributed by atoms with E-state index in [1.807, 2.05) is 4.90 Å². The fourth-order valence-electron chi connectivity index (χ4n) is 4.77. The van der Waals surface area contributed by atoms with Crippen molar-refractivity contribution in [3.05, 3.63) is 34.1 Å². The van der Waals surface area contributed by atoms with Crippen LogP contribution in [0.4, 0.5) is 14.0 Å². The van der Waals surface area contributed by atoms with Crippen LogP contribution in [-0.2, 0) is 11.3 Å². The van der Waals surface area contributed by atoms with Crippen molar-refractivity contribution >= 4 is 33.9 Å². The van der Waals surface area contributed by atoms with Gasteiger partial charge in [0.1, 0.15) is 5.82 Å². The Morgan fingerprint density at radius 3 is 2.74 bits per heavy atom. The Bertz CT molecular complexity index is 896. The topological polar surface area (TPSA) is 93.8 Å². The van der Waals surface area contributed by atoms with E-state index in [9.17, 15) is 18.8 Å². The Balaban J connectivity index is 1.51. The molecule has 1 aliphatic carbocycles. The average molecular weight is 496 g/mol. The van der Waals surface area contributed by atoms with Crippen LogP contribution < -0.4 is 16.0 Å². The van der Waals surface area contributed by atoms with E-state index < -0.39 is 0 Å². The van der Waals surface area contributed by atoms with Crippen LogP contribution >= 0.6 is 15.9 Å². The zero-order valence-electron chi connectivity index (χ0n) is 17.4. The second-order valence-electron chi connectivity index (χ2n) is 8.78. The van der Waals surface area contributed by atoms with E-state index in [4.69, 9.17) is 0 Å². The highest BCUT2D eigenvalue weighted by molar-refractivity contribution is 9.10. The average Bonchev–Trinajstić information content (AvgIpc) is 3.50. The fraction of sp³-hybridized carbons (Fsp3) is 0.571. The molecule has 0 radical (unpaired) electrons. The number of nitrogens with one attached hydrogen (secondary N) is 3. The summed E-state index contributed by atoms with van der Waals surface area (Å²) in [5.41, 5.74) is 0.0302. The van der Waals surface area contributed by atoms with Gasteiger partial charge in [0.25, 0.3) is 0 Å². The Kier molecular flexibility index (Phi) is 6.09. The normalized spacial score (nSPS) is 25.3. The molecular weight excluding hydrogens is 469 g/mol. The molecule has 4 rings (SSSR count). The first-order valence-corrected chi connectivity index (χ1v) is 11.3. The summed E-state index contributed by atoms with van der Waals surface area (Å²) in [6, 6.07) is 4.17. The van der Waals surface area contributed by atoms with E-state index in [2.05, 4.69) is 31.9 Å². The van der Waals surface area contributed by atoms with Crippen LogP contribution in [0.2, 0.25) is 0 Å². The number of piperidine rings is 1. The summed E-state index contributed by atoms with van der Waals surface area (Å²) in [7, 11) is 1.58. The molecule has 2 heterocycles. The zero-order chi connectivity index (χ0) is 22.2. The maximum absolute atomic E-state index is 14.2. The van der Waals surface area contributed by atoms with Crippen LogP contribution in [0.3, 0.4) is 0 Å². The summed E-state index contributed by atoms with van der Waals surface area (Å²) in [4.78, 5) is 41.1. The van der Waals surface area contributed by atoms with Gasteiger partial charge in [-0.1, -0.05) is 22.0 Å². The molecule has 2 aliphatic heterocycles. The minimum Gasteiger partial charge on any atom is -0.355 e. The Morgan fingerprint density at radius 1 is 1.35 bits per heavy atom. The van der Waals surface area contributed by atoms with Gasteiger partial charge in [-0.15, -0.1) is 0 Å². The molecule has 3 N–H and O–H groups in total. The predicted molar refractivity (Wildman–Crippen MR) is 116 cm³/mol. The van der Waals surface area contributed by atoms with Crippen molar-refractivity contribution in [2.45, 2.75) is 44.3 Å². The maximum atomic E-state index is 14.2. The van der Waals surface area contributed by atoms with E-state index in [1.165, 1.54) is 6.07 Å². The van der Waals surface area contributed by atoms with Crippen molar-refractivity contribution in [2.24, 2.45) is 5.41 Å². The summed E-state index contributed by atoms with van der Waals surface area (Å²) < 4.78 is 14.8. The van der Waals surface area contributed by atoms with Crippen LogP contribution in [0.15, 0.2) is 22.7 Å². The van der Waals surface area contributed by atoms with Crippen molar-refractivity contribution in [2.75, 3.05) is 26.7 Å². The third kappa shape index (κ3) is 4.78. The molecule has 2 atom stereocenters. The van der Waals surface area contributed by atoms with Crippen LogP contribution in [0.25, 0.3) is 0 Å². The van der Waals surface area contributed by atoms with E-state index in [0.717, 1.165) is 12.8 Å². The minimum atomic E-state index is -0.384. The highest BCUT2D eigenvalue weighted by Crippen LogP contribution is 2.40. The number of likely N-dealkylation sites (tertiary alicyclic amines) is 1. The summed E-state index contributed by atoms with van der Waals surface area (Å²) in [6.07, 6.45) is 2.80. The number of carbonyl (C=O) groups is 3. The lowest BCUT2D eigenvalue weighted by Gasteiger charge is -2.47. The smallest absolute Gasteiger partial charge is 0.318 e. The third-order valence-corrected chi connectivity index (χ3v) is 6.83. The molecule has 3 fully saturated rings. The Hall–Kier alpha value is -2.36. The van der Waals surface area contributed by atoms with Gasteiger partial charge < -0.3 is 25.8 Å². The SMILES string of the molecule is CNC(=O)N1CC(N(C(=O)NCc2ccc(Br)cc2F)C2CC2)CC2(CNC(=O)C2)C1. The van der Waals surface area contributed by atoms with Crippen molar-refractivity contribution < 1.29 is 18.8 Å². The second-order valence-corrected chi connectivity index (χ2v) is 9.70. The van der Waals surface area contributed by atoms with Gasteiger partial charge in [0.15, 0.2) is 0 Å². The van der Waals surface area contributed by atoms with Crippen molar-refractivity contribution in [1.29, 1.82) is 0 Å². The number of hydrogen-bond donors (Lipinski definition) is 3. The number of benzene rings is 1. The molecule has 31 heavy (non-hydrogen) atoms. The highest BCUT2D eigenvalue weighted by atomic mass is 79.9. The molecule has 8 nitrogen and oxygen atoms in total. The lowest BCUT2D eigenvalue weighted by Crippen LogP contribution is -2.61. The lowest BCUT2D eigenvalue weighted by atomic mass is 9.76. The lowest BCUT2D eigenvalue weighted by molar-refractivity contribution is -0.120. The third-order valence-electron chi connectivity index (χ3n) is 6.34. The molecule has 3 aliphatic rings. The van der Waals surface area contributed by atoms with E-state index >= 15 is 0 Å². The molecule has 168 valence electrons. The molecule has 2 saturated heterocycles. The van der Waals surface area contributed by atoms with E-state index in [0.29, 0.717) is 42.5 Å². The highest BCUT2D eigenvalue weighted by Gasteiger charge is 2.50. The molecule has 5 amide bonds. The van der Waals surface area contributed by atoms with Gasteiger partial charge in [0.2, 0.25) is 5.91 Å². The Morgan fingerprint density at radius 2 is 2.13 bits per heavy atom. The standard InChI is InChI=1S/C21H27BrFN5O3/c1-24-19(30)27-10-16(7-21(12-27)8-18(29)26-11-21)28(15-4-5-15)20(31)25-9-13-2-3-14(22)6-17(13)23/h2-3,6,15-16H,4-5,7-12H2,1H3,(H,24,30)(H,25,31)(H,26,29). The van der Waals surface area contributed by atoms with Crippen LogP contribution in [-0.4, -0.2) is 66.5 Å². The molecule has 0 bridgehead atoms. The molecule has 2 unspecified atom stereocenters. The van der Waals surface area contributed by atoms with Gasteiger partial charge in [-0.3, -0.25) is 4.79 Å². The molecular formula is C21H27BrFN5O3. The van der Waals surface area contributed by atoms with Gasteiger partial charge in [-0.25, -0.2) is 14.0 Å². The molecule has 1 saturated carbocycles. The second kappa shape index (κ2) is 8.64. The number of halogens is 2. The van der Waals surface area contributed by atoms with Gasteiger partial charge in [-0.05, 0) is 31.4 Å². The van der Waals surface area contributed by atoms with E-state index in [1.54, 1.807) is 24.1 Å². The number of rotatable bonds is 4. The van der Waals surface area contributed by atoms with Crippen LogP contribution in [0, 0.1) is 11.2 Å². The summed E-state index contributed by atoms with van der Waals surface area (Å²) in [5.74, 6) is -0.406. The molecule has 1 spiro atoms. The van der Waals surface area contributed by atoms with Crippen molar-refractivity contribution in [1.82, 2.24) is 25.8 Å². The number of urea groups is 2. The Labute approximate surface area is 189 Å². The summed E-state index contributed by atoms with van der Waals surface area (Å²) >= 11 is 3.23. The summed E-state index contributed by atoms with van der Waals surface area (Å²) in [6.45, 7) is 1.47. The quantitative estimate of drug-likeness (QED) is 0.597. The van der Waals surface area contributed by atoms with Crippen LogP contribution in [0.1, 0.15) is 31.2 Å². The molecule has 1 aromatic rings. The van der Waals surface area contributed by atoms with E-state index in [-0.39, 0.29) is 47.8 Å². The van der Waals surface area contributed by atoms with Crippen LogP contribution in [0.5, 0.6) is 0 Å². The number of nitrogens with zero attached hydrogens (tertiary/aromatic N) is 2. The molecule has 0 aromatic heterocycles. The summed E-state index contributed by atoms with van der Waals surface area (Å²) in [5, 5.41) is 8.40. The predicted octanol–water partition coefficient (Wildman–Crippen LogP) is 2.18. The van der Waals surface area contributed by atoms with Gasteiger partial charge >= 0.3 is 12.1 Å². The zero-order valence-corrected chi connectivity index (χ0v) is 19.0. The van der Waals surface area contributed by atoms with Crippen molar-refractivity contribution in [3.8, 4) is 0 Å². The largest absolute Gasteiger partial charge is 0.355 e. The minimum absolute atomic E-state index is 0.0226. The number of amides is 5. The number of carbonyl (C=O) groups excluding carboxylic acids is 3. The molecule has 10 heteroatoms. The van der Waals surface area contributed by atoms with Gasteiger partial charge in [-0.2, -0.15) is 0 Å². The van der Waals surface area contributed by atoms with Gasteiger partial charge in [0, 0.05) is 61.1 Å². The van der Waals surface area contributed by atoms with Crippen molar-refractivity contribution in [3.63, 3.8) is 0 Å². The van der Waals surface area contributed by atoms with Gasteiger partial charge in [0.05, 0.1) is 6.04 Å². The first-order chi connectivity index (χ1) is 14.8. The number of hydrogen-bond acceptors (Lipinski definition) is 3. The monoisotopic (exact) mass is 495 g/mol. The first kappa shape index (κ1) is 21.9. The fourth-order valence-corrected chi connectivity index (χ4v) is 5.10.